The third-order valence-corrected chi connectivity index (χ3v) is 3.69. The Kier molecular flexibility index (Phi) is 5.21. The lowest BCUT2D eigenvalue weighted by molar-refractivity contribution is -0.147. The number of hydrogen-bond donors (Lipinski definition) is 2. The molecule has 6 nitrogen and oxygen atoms in total. The SMILES string of the molecule is C=CC1CC(=O)N([C@@H](CSCC(=O)O)C(=O)O)C1. The van der Waals surface area contributed by atoms with E-state index in [0.29, 0.717) is 6.54 Å². The van der Waals surface area contributed by atoms with E-state index in [1.54, 1.807) is 6.08 Å². The average Bonchev–Trinajstić information content (AvgIpc) is 2.65. The van der Waals surface area contributed by atoms with E-state index in [4.69, 9.17) is 10.2 Å². The van der Waals surface area contributed by atoms with Gasteiger partial charge in [-0.3, -0.25) is 9.59 Å². The molecule has 1 heterocycles. The number of carbonyl (C=O) groups excluding carboxylic acids is 1. The number of likely N-dealkylation sites (tertiary alicyclic amines) is 1. The molecule has 0 aromatic rings. The number of carboxylic acid groups (broad SMARTS) is 2. The minimum atomic E-state index is -1.11. The number of hydrogen-bond acceptors (Lipinski definition) is 4. The van der Waals surface area contributed by atoms with Gasteiger partial charge in [0, 0.05) is 24.6 Å². The summed E-state index contributed by atoms with van der Waals surface area (Å²) in [6.45, 7) is 3.93. The lowest BCUT2D eigenvalue weighted by Crippen LogP contribution is -2.44. The number of carbonyl (C=O) groups is 3. The van der Waals surface area contributed by atoms with Gasteiger partial charge in [-0.1, -0.05) is 6.08 Å². The average molecular weight is 273 g/mol. The molecular formula is C11H15NO5S. The molecule has 0 bridgehead atoms. The van der Waals surface area contributed by atoms with Crippen LogP contribution in [0.25, 0.3) is 0 Å². The molecule has 0 saturated carbocycles. The summed E-state index contributed by atoms with van der Waals surface area (Å²) in [7, 11) is 0. The van der Waals surface area contributed by atoms with Crippen molar-refractivity contribution >= 4 is 29.6 Å². The van der Waals surface area contributed by atoms with E-state index >= 15 is 0 Å². The molecule has 0 aromatic heterocycles. The van der Waals surface area contributed by atoms with Crippen molar-refractivity contribution in [2.75, 3.05) is 18.1 Å². The van der Waals surface area contributed by atoms with Crippen molar-refractivity contribution in [3.05, 3.63) is 12.7 Å². The normalized spacial score (nSPS) is 20.8. The van der Waals surface area contributed by atoms with Crippen LogP contribution in [0, 0.1) is 5.92 Å². The van der Waals surface area contributed by atoms with Crippen molar-refractivity contribution in [3.8, 4) is 0 Å². The quantitative estimate of drug-likeness (QED) is 0.647. The maximum Gasteiger partial charge on any atom is 0.327 e. The monoisotopic (exact) mass is 273 g/mol. The second-order valence-electron chi connectivity index (χ2n) is 4.01. The van der Waals surface area contributed by atoms with Crippen molar-refractivity contribution < 1.29 is 24.6 Å². The molecule has 1 unspecified atom stereocenters. The van der Waals surface area contributed by atoms with Gasteiger partial charge >= 0.3 is 11.9 Å². The topological polar surface area (TPSA) is 94.9 Å². The smallest absolute Gasteiger partial charge is 0.327 e. The molecule has 1 rings (SSSR count). The van der Waals surface area contributed by atoms with Gasteiger partial charge in [0.1, 0.15) is 6.04 Å². The Labute approximate surface area is 109 Å². The molecular weight excluding hydrogens is 258 g/mol. The first-order chi connectivity index (χ1) is 8.45. The van der Waals surface area contributed by atoms with Crippen molar-refractivity contribution in [2.45, 2.75) is 12.5 Å². The summed E-state index contributed by atoms with van der Waals surface area (Å²) in [6.07, 6.45) is 1.91. The van der Waals surface area contributed by atoms with Gasteiger partial charge in [0.15, 0.2) is 0 Å². The predicted octanol–water partition coefficient (Wildman–Crippen LogP) is 0.292. The zero-order valence-corrected chi connectivity index (χ0v) is 10.6. The van der Waals surface area contributed by atoms with E-state index in [1.807, 2.05) is 0 Å². The molecule has 0 spiro atoms. The van der Waals surface area contributed by atoms with Crippen LogP contribution in [-0.4, -0.2) is 57.1 Å². The van der Waals surface area contributed by atoms with Crippen LogP contribution in [-0.2, 0) is 14.4 Å². The third kappa shape index (κ3) is 3.76. The summed E-state index contributed by atoms with van der Waals surface area (Å²) in [6, 6.07) is -0.966. The lowest BCUT2D eigenvalue weighted by atomic mass is 10.1. The Balaban J connectivity index is 2.61. The Hall–Kier alpha value is -1.50. The second kappa shape index (κ2) is 6.44. The van der Waals surface area contributed by atoms with Crippen molar-refractivity contribution in [1.82, 2.24) is 4.90 Å². The third-order valence-electron chi connectivity index (χ3n) is 2.68. The molecule has 1 aliphatic heterocycles. The first kappa shape index (κ1) is 14.6. The van der Waals surface area contributed by atoms with Gasteiger partial charge in [0.05, 0.1) is 5.75 Å². The summed E-state index contributed by atoms with van der Waals surface area (Å²) in [5.74, 6) is -2.44. The summed E-state index contributed by atoms with van der Waals surface area (Å²) in [5.41, 5.74) is 0. The van der Waals surface area contributed by atoms with Crippen LogP contribution < -0.4 is 0 Å². The lowest BCUT2D eigenvalue weighted by Gasteiger charge is -2.24. The highest BCUT2D eigenvalue weighted by Gasteiger charge is 2.36. The zero-order valence-electron chi connectivity index (χ0n) is 9.74. The largest absolute Gasteiger partial charge is 0.481 e. The Morgan fingerprint density at radius 3 is 2.67 bits per heavy atom. The summed E-state index contributed by atoms with van der Waals surface area (Å²) < 4.78 is 0. The van der Waals surface area contributed by atoms with Crippen LogP contribution in [0.4, 0.5) is 0 Å². The molecule has 1 fully saturated rings. The minimum absolute atomic E-state index is 0.0242. The van der Waals surface area contributed by atoms with E-state index in [1.165, 1.54) is 4.90 Å². The fourth-order valence-electron chi connectivity index (χ4n) is 1.77. The first-order valence-corrected chi connectivity index (χ1v) is 6.55. The Bertz CT molecular complexity index is 370. The second-order valence-corrected chi connectivity index (χ2v) is 5.04. The highest BCUT2D eigenvalue weighted by molar-refractivity contribution is 8.00. The minimum Gasteiger partial charge on any atom is -0.481 e. The Morgan fingerprint density at radius 2 is 2.22 bits per heavy atom. The number of rotatable bonds is 7. The maximum absolute atomic E-state index is 11.7. The molecule has 100 valence electrons. The van der Waals surface area contributed by atoms with Crippen molar-refractivity contribution in [3.63, 3.8) is 0 Å². The van der Waals surface area contributed by atoms with E-state index in [-0.39, 0.29) is 29.8 Å². The predicted molar refractivity (Wildman–Crippen MR) is 66.4 cm³/mol. The fourth-order valence-corrected chi connectivity index (χ4v) is 2.61. The van der Waals surface area contributed by atoms with Crippen LogP contribution in [0.15, 0.2) is 12.7 Å². The van der Waals surface area contributed by atoms with E-state index in [9.17, 15) is 14.4 Å². The van der Waals surface area contributed by atoms with Crippen molar-refractivity contribution in [2.24, 2.45) is 5.92 Å². The molecule has 18 heavy (non-hydrogen) atoms. The van der Waals surface area contributed by atoms with Gasteiger partial charge in [0.25, 0.3) is 0 Å². The first-order valence-electron chi connectivity index (χ1n) is 5.40. The number of aliphatic carboxylic acids is 2. The van der Waals surface area contributed by atoms with Crippen LogP contribution in [0.5, 0.6) is 0 Å². The van der Waals surface area contributed by atoms with Crippen LogP contribution in [0.1, 0.15) is 6.42 Å². The van der Waals surface area contributed by atoms with Gasteiger partial charge in [-0.05, 0) is 0 Å². The van der Waals surface area contributed by atoms with Crippen LogP contribution >= 0.6 is 11.8 Å². The molecule has 2 N–H and O–H groups in total. The van der Waals surface area contributed by atoms with E-state index < -0.39 is 18.0 Å². The molecule has 0 radical (unpaired) electrons. The Morgan fingerprint density at radius 1 is 1.56 bits per heavy atom. The number of nitrogens with zero attached hydrogens (tertiary/aromatic N) is 1. The van der Waals surface area contributed by atoms with Crippen LogP contribution in [0.2, 0.25) is 0 Å². The van der Waals surface area contributed by atoms with Crippen LogP contribution in [0.3, 0.4) is 0 Å². The molecule has 0 aromatic carbocycles. The fraction of sp³-hybridized carbons (Fsp3) is 0.545. The van der Waals surface area contributed by atoms with E-state index in [0.717, 1.165) is 11.8 Å². The van der Waals surface area contributed by atoms with Gasteiger partial charge in [-0.25, -0.2) is 4.79 Å². The summed E-state index contributed by atoms with van der Waals surface area (Å²) in [4.78, 5) is 34.5. The zero-order chi connectivity index (χ0) is 13.7. The molecule has 2 atom stereocenters. The standard InChI is InChI=1S/C11H15NO5S/c1-2-7-3-9(13)12(4-7)8(11(16)17)5-18-6-10(14)15/h2,7-8H,1,3-6H2,(H,14,15)(H,16,17)/t7?,8-/m0/s1. The highest BCUT2D eigenvalue weighted by atomic mass is 32.2. The summed E-state index contributed by atoms with van der Waals surface area (Å²) in [5, 5.41) is 17.6. The van der Waals surface area contributed by atoms with Gasteiger partial charge in [-0.15, -0.1) is 18.3 Å². The number of carboxylic acids is 2. The van der Waals surface area contributed by atoms with E-state index in [2.05, 4.69) is 6.58 Å². The summed E-state index contributed by atoms with van der Waals surface area (Å²) >= 11 is 0.995. The van der Waals surface area contributed by atoms with Gasteiger partial charge in [0.2, 0.25) is 5.91 Å². The molecule has 7 heteroatoms. The maximum atomic E-state index is 11.7. The van der Waals surface area contributed by atoms with Gasteiger partial charge < -0.3 is 15.1 Å². The highest BCUT2D eigenvalue weighted by Crippen LogP contribution is 2.22. The molecule has 0 aliphatic carbocycles. The van der Waals surface area contributed by atoms with Gasteiger partial charge in [-0.2, -0.15) is 0 Å². The molecule has 1 aliphatic rings. The molecule has 1 amide bonds. The molecule has 1 saturated heterocycles. The number of thioether (sulfide) groups is 1. The number of amides is 1. The van der Waals surface area contributed by atoms with Crippen molar-refractivity contribution in [1.29, 1.82) is 0 Å².